The van der Waals surface area contributed by atoms with Crippen molar-refractivity contribution in [3.05, 3.63) is 64.6 Å². The molecule has 0 saturated carbocycles. The van der Waals surface area contributed by atoms with Gasteiger partial charge in [-0.15, -0.1) is 0 Å². The number of carbonyl (C=O) groups excluding carboxylic acids is 1. The maximum atomic E-state index is 12.5. The minimum absolute atomic E-state index is 0.149. The molecule has 0 N–H and O–H groups in total. The van der Waals surface area contributed by atoms with Crippen molar-refractivity contribution in [2.75, 3.05) is 37.7 Å². The van der Waals surface area contributed by atoms with E-state index < -0.39 is 0 Å². The van der Waals surface area contributed by atoms with E-state index in [1.165, 1.54) is 23.0 Å². The van der Waals surface area contributed by atoms with Gasteiger partial charge in [-0.2, -0.15) is 4.99 Å². The Hall–Kier alpha value is -2.73. The summed E-state index contributed by atoms with van der Waals surface area (Å²) in [5.74, 6) is 0.716. The lowest BCUT2D eigenvalue weighted by Gasteiger charge is -2.36. The van der Waals surface area contributed by atoms with Crippen LogP contribution in [-0.4, -0.2) is 48.8 Å². The summed E-state index contributed by atoms with van der Waals surface area (Å²) in [5.41, 5.74) is 3.51. The molecule has 4 rings (SSSR count). The van der Waals surface area contributed by atoms with Crippen LogP contribution in [0, 0.1) is 6.92 Å². The van der Waals surface area contributed by atoms with Crippen molar-refractivity contribution in [3.8, 4) is 5.75 Å². The first-order valence-corrected chi connectivity index (χ1v) is 11.8. The second kappa shape index (κ2) is 10.1. The normalized spacial score (nSPS) is 17.9. The van der Waals surface area contributed by atoms with Crippen LogP contribution in [0.15, 0.2) is 58.4 Å². The van der Waals surface area contributed by atoms with Crippen LogP contribution in [0.5, 0.6) is 5.75 Å². The number of aliphatic imine (C=N–C) groups is 1. The summed E-state index contributed by atoms with van der Waals surface area (Å²) >= 11 is 1.48. The van der Waals surface area contributed by atoms with E-state index in [4.69, 9.17) is 4.74 Å². The van der Waals surface area contributed by atoms with Gasteiger partial charge in [-0.1, -0.05) is 43.2 Å². The van der Waals surface area contributed by atoms with Crippen molar-refractivity contribution in [2.45, 2.75) is 26.7 Å². The van der Waals surface area contributed by atoms with Crippen LogP contribution in [0.25, 0.3) is 6.08 Å². The maximum absolute atomic E-state index is 12.5. The quantitative estimate of drug-likeness (QED) is 0.474. The fourth-order valence-corrected chi connectivity index (χ4v) is 4.56. The zero-order valence-corrected chi connectivity index (χ0v) is 19.0. The number of hydrogen-bond donors (Lipinski definition) is 0. The molecule has 0 bridgehead atoms. The Bertz CT molecular complexity index is 959. The van der Waals surface area contributed by atoms with E-state index in [0.29, 0.717) is 4.91 Å². The van der Waals surface area contributed by atoms with Gasteiger partial charge in [-0.25, -0.2) is 0 Å². The van der Waals surface area contributed by atoms with Crippen molar-refractivity contribution in [2.24, 2.45) is 4.99 Å². The summed E-state index contributed by atoms with van der Waals surface area (Å²) in [5, 5.41) is 0.819. The SMILES string of the molecule is CCCCOc1ccc(/C=C2\SC(N3CCN(c4ccc(C)cc4)CC3)=NC2=O)cc1. The van der Waals surface area contributed by atoms with E-state index in [9.17, 15) is 4.79 Å². The monoisotopic (exact) mass is 435 g/mol. The highest BCUT2D eigenvalue weighted by Gasteiger charge is 2.28. The molecule has 6 heteroatoms. The van der Waals surface area contributed by atoms with E-state index in [2.05, 4.69) is 52.9 Å². The highest BCUT2D eigenvalue weighted by Crippen LogP contribution is 2.31. The van der Waals surface area contributed by atoms with Crippen molar-refractivity contribution < 1.29 is 9.53 Å². The molecule has 1 fully saturated rings. The van der Waals surface area contributed by atoms with Gasteiger partial charge in [-0.05, 0) is 61.0 Å². The maximum Gasteiger partial charge on any atom is 0.286 e. The second-order valence-corrected chi connectivity index (χ2v) is 8.90. The molecule has 2 aromatic carbocycles. The van der Waals surface area contributed by atoms with Gasteiger partial charge in [0, 0.05) is 31.9 Å². The fraction of sp³-hybridized carbons (Fsp3) is 0.360. The van der Waals surface area contributed by atoms with Crippen LogP contribution in [0.4, 0.5) is 5.69 Å². The van der Waals surface area contributed by atoms with Crippen LogP contribution in [0.1, 0.15) is 30.9 Å². The Kier molecular flexibility index (Phi) is 6.97. The number of anilines is 1. The number of amidine groups is 1. The van der Waals surface area contributed by atoms with Crippen molar-refractivity contribution in [1.82, 2.24) is 4.90 Å². The summed E-state index contributed by atoms with van der Waals surface area (Å²) in [6, 6.07) is 16.5. The fourth-order valence-electron chi connectivity index (χ4n) is 3.59. The predicted octanol–water partition coefficient (Wildman–Crippen LogP) is 4.97. The molecular weight excluding hydrogens is 406 g/mol. The molecule has 1 amide bonds. The van der Waals surface area contributed by atoms with E-state index in [0.717, 1.165) is 62.1 Å². The average Bonchev–Trinajstić information content (AvgIpc) is 3.16. The van der Waals surface area contributed by atoms with Gasteiger partial charge < -0.3 is 14.5 Å². The highest BCUT2D eigenvalue weighted by molar-refractivity contribution is 8.18. The Morgan fingerprint density at radius 1 is 1.00 bits per heavy atom. The number of piperazine rings is 1. The Balaban J connectivity index is 1.33. The molecule has 0 atom stereocenters. The van der Waals surface area contributed by atoms with Gasteiger partial charge in [0.05, 0.1) is 11.5 Å². The third-order valence-corrected chi connectivity index (χ3v) is 6.55. The van der Waals surface area contributed by atoms with Crippen molar-refractivity contribution >= 4 is 34.6 Å². The lowest BCUT2D eigenvalue weighted by molar-refractivity contribution is -0.113. The van der Waals surface area contributed by atoms with Crippen molar-refractivity contribution in [1.29, 1.82) is 0 Å². The molecule has 2 aliphatic rings. The molecule has 2 aliphatic heterocycles. The first-order valence-electron chi connectivity index (χ1n) is 10.9. The number of thioether (sulfide) groups is 1. The van der Waals surface area contributed by atoms with Crippen LogP contribution >= 0.6 is 11.8 Å². The first kappa shape index (κ1) is 21.5. The number of rotatable bonds is 6. The molecule has 2 heterocycles. The summed E-state index contributed by atoms with van der Waals surface area (Å²) in [6.45, 7) is 8.57. The minimum Gasteiger partial charge on any atom is -0.494 e. The number of carbonyl (C=O) groups is 1. The topological polar surface area (TPSA) is 45.1 Å². The molecule has 0 unspecified atom stereocenters. The summed E-state index contributed by atoms with van der Waals surface area (Å²) in [4.78, 5) is 22.1. The molecule has 2 aromatic rings. The third kappa shape index (κ3) is 5.50. The van der Waals surface area contributed by atoms with E-state index >= 15 is 0 Å². The number of aryl methyl sites for hydroxylation is 1. The Morgan fingerprint density at radius 3 is 2.35 bits per heavy atom. The van der Waals surface area contributed by atoms with Crippen LogP contribution in [-0.2, 0) is 4.79 Å². The van der Waals surface area contributed by atoms with Gasteiger partial charge in [0.25, 0.3) is 5.91 Å². The summed E-state index contributed by atoms with van der Waals surface area (Å²) < 4.78 is 5.71. The number of amides is 1. The molecule has 1 saturated heterocycles. The lowest BCUT2D eigenvalue weighted by Crippen LogP contribution is -2.47. The van der Waals surface area contributed by atoms with Crippen molar-refractivity contribution in [3.63, 3.8) is 0 Å². The van der Waals surface area contributed by atoms with Crippen LogP contribution in [0.2, 0.25) is 0 Å². The summed E-state index contributed by atoms with van der Waals surface area (Å²) in [6.07, 6.45) is 4.09. The average molecular weight is 436 g/mol. The van der Waals surface area contributed by atoms with Gasteiger partial charge in [-0.3, -0.25) is 4.79 Å². The number of benzene rings is 2. The molecule has 0 aliphatic carbocycles. The molecule has 0 aromatic heterocycles. The molecule has 5 nitrogen and oxygen atoms in total. The third-order valence-electron chi connectivity index (χ3n) is 5.50. The van der Waals surface area contributed by atoms with Gasteiger partial charge >= 0.3 is 0 Å². The minimum atomic E-state index is -0.149. The predicted molar refractivity (Wildman–Crippen MR) is 130 cm³/mol. The van der Waals surface area contributed by atoms with Crippen LogP contribution in [0.3, 0.4) is 0 Å². The van der Waals surface area contributed by atoms with Crippen LogP contribution < -0.4 is 9.64 Å². The van der Waals surface area contributed by atoms with Gasteiger partial charge in [0.2, 0.25) is 0 Å². The first-order chi connectivity index (χ1) is 15.1. The zero-order valence-electron chi connectivity index (χ0n) is 18.2. The number of unbranched alkanes of at least 4 members (excludes halogenated alkanes) is 1. The molecule has 0 radical (unpaired) electrons. The second-order valence-electron chi connectivity index (χ2n) is 7.89. The Labute approximate surface area is 188 Å². The van der Waals surface area contributed by atoms with E-state index in [1.54, 1.807) is 0 Å². The summed E-state index contributed by atoms with van der Waals surface area (Å²) in [7, 11) is 0. The lowest BCUT2D eigenvalue weighted by atomic mass is 10.2. The smallest absolute Gasteiger partial charge is 0.286 e. The molecule has 162 valence electrons. The number of nitrogens with zero attached hydrogens (tertiary/aromatic N) is 3. The molecular formula is C25H29N3O2S. The number of ether oxygens (including phenoxy) is 1. The van der Waals surface area contributed by atoms with E-state index in [1.807, 2.05) is 30.3 Å². The molecule has 0 spiro atoms. The van der Waals surface area contributed by atoms with Gasteiger partial charge in [0.15, 0.2) is 5.17 Å². The van der Waals surface area contributed by atoms with Gasteiger partial charge in [0.1, 0.15) is 5.75 Å². The Morgan fingerprint density at radius 2 is 1.68 bits per heavy atom. The number of hydrogen-bond acceptors (Lipinski definition) is 5. The largest absolute Gasteiger partial charge is 0.494 e. The van der Waals surface area contributed by atoms with E-state index in [-0.39, 0.29) is 5.91 Å². The molecule has 31 heavy (non-hydrogen) atoms. The standard InChI is InChI=1S/C25H29N3O2S/c1-3-4-17-30-22-11-7-20(8-12-22)18-23-24(29)26-25(31-23)28-15-13-27(14-16-28)21-9-5-19(2)6-10-21/h5-12,18H,3-4,13-17H2,1-2H3/b23-18-. The zero-order chi connectivity index (χ0) is 21.6. The highest BCUT2D eigenvalue weighted by atomic mass is 32.2.